The van der Waals surface area contributed by atoms with E-state index >= 15 is 0 Å². The van der Waals surface area contributed by atoms with Crippen molar-refractivity contribution < 1.29 is 4.79 Å². The third kappa shape index (κ3) is 4.28. The molecule has 0 atom stereocenters. The van der Waals surface area contributed by atoms with E-state index in [1.54, 1.807) is 30.3 Å². The number of nitrogens with two attached hydrogens (primary N) is 2. The van der Waals surface area contributed by atoms with Crippen molar-refractivity contribution in [1.82, 2.24) is 0 Å². The molecule has 0 amide bonds. The van der Waals surface area contributed by atoms with Crippen molar-refractivity contribution in [2.24, 2.45) is 16.5 Å². The lowest BCUT2D eigenvalue weighted by atomic mass is 10.2. The maximum atomic E-state index is 10.5. The summed E-state index contributed by atoms with van der Waals surface area (Å²) in [6, 6.07) is 7.02. The van der Waals surface area contributed by atoms with Gasteiger partial charge >= 0.3 is 0 Å². The van der Waals surface area contributed by atoms with Crippen LogP contribution >= 0.6 is 11.6 Å². The van der Waals surface area contributed by atoms with Crippen LogP contribution in [0.3, 0.4) is 0 Å². The van der Waals surface area contributed by atoms with Crippen LogP contribution in [-0.4, -0.2) is 11.2 Å². The number of rotatable bonds is 3. The number of nitrogens with zero attached hydrogens (tertiary/aromatic N) is 1. The summed E-state index contributed by atoms with van der Waals surface area (Å²) in [5.41, 5.74) is 11.9. The number of aliphatic imine (C=N–C) groups is 1. The topological polar surface area (TPSA) is 81.5 Å². The molecule has 0 spiro atoms. The number of allylic oxidation sites excluding steroid dienone is 1. The summed E-state index contributed by atoms with van der Waals surface area (Å²) < 4.78 is 0. The van der Waals surface area contributed by atoms with E-state index in [1.807, 2.05) is 0 Å². The molecule has 15 heavy (non-hydrogen) atoms. The second-order valence-corrected chi connectivity index (χ2v) is 3.14. The Kier molecular flexibility index (Phi) is 3.88. The van der Waals surface area contributed by atoms with Gasteiger partial charge in [-0.2, -0.15) is 0 Å². The fourth-order valence-corrected chi connectivity index (χ4v) is 1.03. The molecule has 0 saturated carbocycles. The first-order valence-electron chi connectivity index (χ1n) is 4.15. The van der Waals surface area contributed by atoms with Crippen LogP contribution in [0.15, 0.2) is 35.3 Å². The fraction of sp³-hybridized carbons (Fsp3) is 0. The number of hydrogen-bond donors (Lipinski definition) is 2. The van der Waals surface area contributed by atoms with Gasteiger partial charge in [0.2, 0.25) is 5.24 Å². The average Bonchev–Trinajstić information content (AvgIpc) is 2.16. The van der Waals surface area contributed by atoms with Gasteiger partial charge in [-0.1, -0.05) is 18.2 Å². The SMILES string of the molecule is NC(N)=Nc1ccc(C=CC(=O)Cl)cc1. The molecule has 0 fully saturated rings. The highest BCUT2D eigenvalue weighted by atomic mass is 35.5. The van der Waals surface area contributed by atoms with Crippen molar-refractivity contribution in [3.8, 4) is 0 Å². The van der Waals surface area contributed by atoms with Crippen LogP contribution in [0.5, 0.6) is 0 Å². The summed E-state index contributed by atoms with van der Waals surface area (Å²) in [4.78, 5) is 14.3. The van der Waals surface area contributed by atoms with Crippen molar-refractivity contribution >= 4 is 34.6 Å². The lowest BCUT2D eigenvalue weighted by molar-refractivity contribution is -0.107. The van der Waals surface area contributed by atoms with Gasteiger partial charge in [0.15, 0.2) is 5.96 Å². The quantitative estimate of drug-likeness (QED) is 0.351. The van der Waals surface area contributed by atoms with E-state index in [2.05, 4.69) is 4.99 Å². The van der Waals surface area contributed by atoms with Gasteiger partial charge in [-0.25, -0.2) is 4.99 Å². The minimum absolute atomic E-state index is 0.00854. The Labute approximate surface area is 92.2 Å². The van der Waals surface area contributed by atoms with Gasteiger partial charge in [-0.3, -0.25) is 4.79 Å². The molecule has 1 rings (SSSR count). The number of benzene rings is 1. The third-order valence-electron chi connectivity index (χ3n) is 1.56. The van der Waals surface area contributed by atoms with Crippen LogP contribution in [0.25, 0.3) is 6.08 Å². The molecule has 1 aromatic rings. The van der Waals surface area contributed by atoms with E-state index in [9.17, 15) is 4.79 Å². The first kappa shape index (κ1) is 11.3. The monoisotopic (exact) mass is 223 g/mol. The van der Waals surface area contributed by atoms with Crippen LogP contribution in [0, 0.1) is 0 Å². The minimum atomic E-state index is -0.511. The average molecular weight is 224 g/mol. The van der Waals surface area contributed by atoms with Gasteiger partial charge in [0, 0.05) is 0 Å². The van der Waals surface area contributed by atoms with Gasteiger partial charge in [0.25, 0.3) is 0 Å². The van der Waals surface area contributed by atoms with E-state index < -0.39 is 5.24 Å². The summed E-state index contributed by atoms with van der Waals surface area (Å²) >= 11 is 5.15. The molecule has 0 radical (unpaired) electrons. The van der Waals surface area contributed by atoms with E-state index in [-0.39, 0.29) is 5.96 Å². The molecule has 0 aliphatic rings. The van der Waals surface area contributed by atoms with Crippen LogP contribution in [0.1, 0.15) is 5.56 Å². The van der Waals surface area contributed by atoms with E-state index in [1.165, 1.54) is 6.08 Å². The number of halogens is 1. The van der Waals surface area contributed by atoms with E-state index in [4.69, 9.17) is 23.1 Å². The predicted molar refractivity (Wildman–Crippen MR) is 61.8 cm³/mol. The highest BCUT2D eigenvalue weighted by Crippen LogP contribution is 2.13. The second-order valence-electron chi connectivity index (χ2n) is 2.77. The van der Waals surface area contributed by atoms with Gasteiger partial charge in [-0.15, -0.1) is 0 Å². The molecule has 0 bridgehead atoms. The Bertz CT molecular complexity index is 405. The van der Waals surface area contributed by atoms with Crippen molar-refractivity contribution in [1.29, 1.82) is 0 Å². The molecule has 1 aromatic carbocycles. The minimum Gasteiger partial charge on any atom is -0.370 e. The normalized spacial score (nSPS) is 10.2. The molecule has 4 nitrogen and oxygen atoms in total. The highest BCUT2D eigenvalue weighted by Gasteiger charge is 1.91. The zero-order chi connectivity index (χ0) is 11.3. The smallest absolute Gasteiger partial charge is 0.245 e. The van der Waals surface area contributed by atoms with Crippen LogP contribution in [0.2, 0.25) is 0 Å². The standard InChI is InChI=1S/C10H10ClN3O/c11-9(15)6-3-7-1-4-8(5-2-7)14-10(12)13/h1-6H,(H4,12,13,14). The zero-order valence-corrected chi connectivity index (χ0v) is 8.61. The number of carbonyl (C=O) groups excluding carboxylic acids is 1. The summed E-state index contributed by atoms with van der Waals surface area (Å²) in [5.74, 6) is 0.00854. The van der Waals surface area contributed by atoms with Crippen molar-refractivity contribution in [2.45, 2.75) is 0 Å². The van der Waals surface area contributed by atoms with Crippen molar-refractivity contribution in [3.05, 3.63) is 35.9 Å². The van der Waals surface area contributed by atoms with Gasteiger partial charge in [0.1, 0.15) is 0 Å². The van der Waals surface area contributed by atoms with Crippen molar-refractivity contribution in [2.75, 3.05) is 0 Å². The Morgan fingerprint density at radius 2 is 1.87 bits per heavy atom. The summed E-state index contributed by atoms with van der Waals surface area (Å²) in [6.45, 7) is 0. The third-order valence-corrected chi connectivity index (χ3v) is 1.68. The second kappa shape index (κ2) is 5.17. The molecule has 0 saturated heterocycles. The van der Waals surface area contributed by atoms with Crippen LogP contribution in [0.4, 0.5) is 5.69 Å². The van der Waals surface area contributed by atoms with Gasteiger partial charge in [0.05, 0.1) is 5.69 Å². The molecule has 0 heterocycles. The van der Waals surface area contributed by atoms with E-state index in [0.29, 0.717) is 5.69 Å². The Morgan fingerprint density at radius 1 is 1.27 bits per heavy atom. The molecule has 78 valence electrons. The lowest BCUT2D eigenvalue weighted by Crippen LogP contribution is -2.21. The Balaban J connectivity index is 2.81. The number of hydrogen-bond acceptors (Lipinski definition) is 2. The lowest BCUT2D eigenvalue weighted by Gasteiger charge is -1.96. The fourth-order valence-electron chi connectivity index (χ4n) is 0.971. The summed E-state index contributed by atoms with van der Waals surface area (Å²) in [5, 5.41) is -0.511. The molecule has 4 N–H and O–H groups in total. The van der Waals surface area contributed by atoms with Gasteiger partial charge in [-0.05, 0) is 35.4 Å². The number of carbonyl (C=O) groups is 1. The largest absolute Gasteiger partial charge is 0.370 e. The predicted octanol–water partition coefficient (Wildman–Crippen LogP) is 1.37. The maximum Gasteiger partial charge on any atom is 0.245 e. The molecular weight excluding hydrogens is 214 g/mol. The number of guanidine groups is 1. The summed E-state index contributed by atoms with van der Waals surface area (Å²) in [6.07, 6.45) is 2.88. The van der Waals surface area contributed by atoms with Crippen LogP contribution in [-0.2, 0) is 4.79 Å². The summed E-state index contributed by atoms with van der Waals surface area (Å²) in [7, 11) is 0. The van der Waals surface area contributed by atoms with Gasteiger partial charge < -0.3 is 11.5 Å². The molecular formula is C10H10ClN3O. The van der Waals surface area contributed by atoms with E-state index in [0.717, 1.165) is 5.56 Å². The first-order chi connectivity index (χ1) is 7.08. The van der Waals surface area contributed by atoms with Crippen molar-refractivity contribution in [3.63, 3.8) is 0 Å². The molecule has 0 aromatic heterocycles. The Hall–Kier alpha value is -1.81. The van der Waals surface area contributed by atoms with Crippen LogP contribution < -0.4 is 11.5 Å². The molecule has 0 unspecified atom stereocenters. The molecule has 5 heteroatoms. The first-order valence-corrected chi connectivity index (χ1v) is 4.53. The zero-order valence-electron chi connectivity index (χ0n) is 7.85. The molecule has 0 aliphatic heterocycles. The molecule has 0 aliphatic carbocycles. The highest BCUT2D eigenvalue weighted by molar-refractivity contribution is 6.66. The maximum absolute atomic E-state index is 10.5. The Morgan fingerprint density at radius 3 is 2.33 bits per heavy atom.